The number of nitrogens with zero attached hydrogens (tertiary/aromatic N) is 3. The molecule has 1 saturated heterocycles. The van der Waals surface area contributed by atoms with Crippen molar-refractivity contribution >= 4 is 23.2 Å². The van der Waals surface area contributed by atoms with Crippen LogP contribution in [0.4, 0.5) is 11.4 Å². The van der Waals surface area contributed by atoms with Gasteiger partial charge in [-0.15, -0.1) is 0 Å². The van der Waals surface area contributed by atoms with E-state index in [1.165, 1.54) is 12.1 Å². The molecular formula is C23H28N4O5. The molecule has 2 aromatic rings. The number of carbonyl (C=O) groups excluding carboxylic acids is 2. The molecule has 0 saturated carbocycles. The van der Waals surface area contributed by atoms with Crippen LogP contribution in [0.2, 0.25) is 0 Å². The SMILES string of the molecule is Cc1cc(OCC(=O)N2CCN(CC(=O)Nc3c(C)cccc3C)CC2)ccc1[N+](=O)[O-]. The number of amides is 2. The molecule has 3 rings (SSSR count). The van der Waals surface area contributed by atoms with E-state index in [-0.39, 0.29) is 30.7 Å². The predicted molar refractivity (Wildman–Crippen MR) is 121 cm³/mol. The highest BCUT2D eigenvalue weighted by atomic mass is 16.6. The van der Waals surface area contributed by atoms with Gasteiger partial charge in [0.1, 0.15) is 5.75 Å². The predicted octanol–water partition coefficient (Wildman–Crippen LogP) is 2.68. The second-order valence-electron chi connectivity index (χ2n) is 7.97. The van der Waals surface area contributed by atoms with Crippen molar-refractivity contribution in [1.29, 1.82) is 0 Å². The molecule has 0 spiro atoms. The van der Waals surface area contributed by atoms with Gasteiger partial charge in [0.05, 0.1) is 11.5 Å². The van der Waals surface area contributed by atoms with Crippen molar-refractivity contribution in [3.05, 3.63) is 63.2 Å². The third-order valence-corrected chi connectivity index (χ3v) is 5.57. The maximum atomic E-state index is 12.5. The molecule has 0 aromatic heterocycles. The highest BCUT2D eigenvalue weighted by molar-refractivity contribution is 5.93. The molecule has 0 atom stereocenters. The van der Waals surface area contributed by atoms with Gasteiger partial charge in [-0.1, -0.05) is 18.2 Å². The van der Waals surface area contributed by atoms with Gasteiger partial charge in [0, 0.05) is 43.5 Å². The van der Waals surface area contributed by atoms with Crippen LogP contribution in [0, 0.1) is 30.9 Å². The number of nitrogens with one attached hydrogen (secondary N) is 1. The van der Waals surface area contributed by atoms with Crippen molar-refractivity contribution in [2.24, 2.45) is 0 Å². The number of aryl methyl sites for hydroxylation is 3. The minimum Gasteiger partial charge on any atom is -0.484 e. The van der Waals surface area contributed by atoms with E-state index in [1.807, 2.05) is 36.9 Å². The first kappa shape index (κ1) is 23.2. The number of hydrogen-bond donors (Lipinski definition) is 1. The fraction of sp³-hybridized carbons (Fsp3) is 0.391. The van der Waals surface area contributed by atoms with E-state index in [0.717, 1.165) is 16.8 Å². The van der Waals surface area contributed by atoms with Gasteiger partial charge >= 0.3 is 0 Å². The molecule has 1 aliphatic rings. The van der Waals surface area contributed by atoms with Crippen LogP contribution in [-0.2, 0) is 9.59 Å². The molecule has 1 N–H and O–H groups in total. The minimum atomic E-state index is -0.452. The summed E-state index contributed by atoms with van der Waals surface area (Å²) in [7, 11) is 0. The largest absolute Gasteiger partial charge is 0.484 e. The minimum absolute atomic E-state index is 0.0152. The fourth-order valence-electron chi connectivity index (χ4n) is 3.71. The van der Waals surface area contributed by atoms with Gasteiger partial charge < -0.3 is 15.0 Å². The Labute approximate surface area is 187 Å². The van der Waals surface area contributed by atoms with Crippen molar-refractivity contribution in [3.8, 4) is 5.75 Å². The lowest BCUT2D eigenvalue weighted by Crippen LogP contribution is -2.51. The maximum Gasteiger partial charge on any atom is 0.272 e. The van der Waals surface area contributed by atoms with Crippen LogP contribution in [0.1, 0.15) is 16.7 Å². The number of nitro benzene ring substituents is 1. The fourth-order valence-corrected chi connectivity index (χ4v) is 3.71. The average Bonchev–Trinajstić information content (AvgIpc) is 2.75. The third-order valence-electron chi connectivity index (χ3n) is 5.57. The Bertz CT molecular complexity index is 995. The van der Waals surface area contributed by atoms with Gasteiger partial charge in [0.25, 0.3) is 11.6 Å². The zero-order valence-corrected chi connectivity index (χ0v) is 18.6. The van der Waals surface area contributed by atoms with Gasteiger partial charge in [-0.2, -0.15) is 0 Å². The number of para-hydroxylation sites is 1. The number of hydrogen-bond acceptors (Lipinski definition) is 6. The number of piperazine rings is 1. The van der Waals surface area contributed by atoms with Crippen LogP contribution in [-0.4, -0.2) is 65.9 Å². The first-order chi connectivity index (χ1) is 15.2. The summed E-state index contributed by atoms with van der Waals surface area (Å²) < 4.78 is 5.53. The first-order valence-corrected chi connectivity index (χ1v) is 10.5. The molecule has 9 nitrogen and oxygen atoms in total. The zero-order valence-electron chi connectivity index (χ0n) is 18.6. The summed E-state index contributed by atoms with van der Waals surface area (Å²) in [5.41, 5.74) is 3.40. The Morgan fingerprint density at radius 1 is 1.03 bits per heavy atom. The number of ether oxygens (including phenoxy) is 1. The number of carbonyl (C=O) groups is 2. The molecule has 1 heterocycles. The summed E-state index contributed by atoms with van der Waals surface area (Å²) in [5.74, 6) is 0.197. The van der Waals surface area contributed by atoms with Crippen molar-refractivity contribution < 1.29 is 19.2 Å². The van der Waals surface area contributed by atoms with E-state index in [9.17, 15) is 19.7 Å². The Morgan fingerprint density at radius 2 is 1.69 bits per heavy atom. The molecule has 0 unspecified atom stereocenters. The van der Waals surface area contributed by atoms with Gasteiger partial charge in [-0.05, 0) is 44.0 Å². The number of benzene rings is 2. The Morgan fingerprint density at radius 3 is 2.28 bits per heavy atom. The van der Waals surface area contributed by atoms with Crippen LogP contribution in [0.5, 0.6) is 5.75 Å². The summed E-state index contributed by atoms with van der Waals surface area (Å²) >= 11 is 0. The van der Waals surface area contributed by atoms with E-state index < -0.39 is 4.92 Å². The van der Waals surface area contributed by atoms with Gasteiger partial charge in [0.2, 0.25) is 5.91 Å². The number of anilines is 1. The summed E-state index contributed by atoms with van der Waals surface area (Å²) in [6.45, 7) is 7.92. The van der Waals surface area contributed by atoms with Crippen LogP contribution in [0.25, 0.3) is 0 Å². The van der Waals surface area contributed by atoms with E-state index in [1.54, 1.807) is 17.9 Å². The monoisotopic (exact) mass is 440 g/mol. The maximum absolute atomic E-state index is 12.5. The second kappa shape index (κ2) is 10.2. The Balaban J connectivity index is 1.44. The molecule has 2 aromatic carbocycles. The standard InChI is InChI=1S/C23H28N4O5/c1-16-5-4-6-17(2)23(16)24-21(28)14-25-9-11-26(12-10-25)22(29)15-32-19-7-8-20(27(30)31)18(3)13-19/h4-8,13H,9-12,14-15H2,1-3H3,(H,24,28). The van der Waals surface area contributed by atoms with Crippen LogP contribution in [0.3, 0.4) is 0 Å². The smallest absolute Gasteiger partial charge is 0.272 e. The van der Waals surface area contributed by atoms with Gasteiger partial charge in [-0.25, -0.2) is 0 Å². The summed E-state index contributed by atoms with van der Waals surface area (Å²) in [4.78, 5) is 39.1. The highest BCUT2D eigenvalue weighted by Gasteiger charge is 2.23. The normalized spacial score (nSPS) is 14.2. The molecule has 0 aliphatic carbocycles. The van der Waals surface area contributed by atoms with Crippen LogP contribution in [0.15, 0.2) is 36.4 Å². The summed E-state index contributed by atoms with van der Waals surface area (Å²) in [5, 5.41) is 13.9. The van der Waals surface area contributed by atoms with Crippen LogP contribution < -0.4 is 10.1 Å². The van der Waals surface area contributed by atoms with E-state index in [0.29, 0.717) is 37.5 Å². The molecule has 2 amide bonds. The van der Waals surface area contributed by atoms with E-state index in [2.05, 4.69) is 5.32 Å². The first-order valence-electron chi connectivity index (χ1n) is 10.5. The lowest BCUT2D eigenvalue weighted by molar-refractivity contribution is -0.385. The highest BCUT2D eigenvalue weighted by Crippen LogP contribution is 2.23. The lowest BCUT2D eigenvalue weighted by atomic mass is 10.1. The molecule has 1 aliphatic heterocycles. The number of nitro groups is 1. The molecule has 9 heteroatoms. The van der Waals surface area contributed by atoms with Crippen LogP contribution >= 0.6 is 0 Å². The van der Waals surface area contributed by atoms with Gasteiger partial charge in [0.15, 0.2) is 6.61 Å². The number of rotatable bonds is 7. The topological polar surface area (TPSA) is 105 Å². The molecule has 170 valence electrons. The molecule has 0 radical (unpaired) electrons. The molecular weight excluding hydrogens is 412 g/mol. The molecule has 1 fully saturated rings. The summed E-state index contributed by atoms with van der Waals surface area (Å²) in [6.07, 6.45) is 0. The van der Waals surface area contributed by atoms with Crippen molar-refractivity contribution in [3.63, 3.8) is 0 Å². The van der Waals surface area contributed by atoms with Crippen molar-refractivity contribution in [2.75, 3.05) is 44.6 Å². The van der Waals surface area contributed by atoms with E-state index >= 15 is 0 Å². The van der Waals surface area contributed by atoms with Crippen molar-refractivity contribution in [1.82, 2.24) is 9.80 Å². The lowest BCUT2D eigenvalue weighted by Gasteiger charge is -2.34. The third kappa shape index (κ3) is 5.82. The average molecular weight is 441 g/mol. The summed E-state index contributed by atoms with van der Waals surface area (Å²) in [6, 6.07) is 10.3. The molecule has 32 heavy (non-hydrogen) atoms. The second-order valence-corrected chi connectivity index (χ2v) is 7.97. The van der Waals surface area contributed by atoms with Crippen molar-refractivity contribution in [2.45, 2.75) is 20.8 Å². The Hall–Kier alpha value is -3.46. The van der Waals surface area contributed by atoms with Gasteiger partial charge in [-0.3, -0.25) is 24.6 Å². The molecule has 0 bridgehead atoms. The Kier molecular flexibility index (Phi) is 7.42. The quantitative estimate of drug-likeness (QED) is 0.524. The zero-order chi connectivity index (χ0) is 23.3. The van der Waals surface area contributed by atoms with E-state index in [4.69, 9.17) is 4.74 Å².